The number of halogens is 2. The SMILES string of the molecule is CNC(=O)C(Cc1ccccc1)N(Cc1ccc(Cl)cc1)C(=O)CN(c1cccc(Cl)c1C)S(=O)(=O)c1ccc(C)cc1. The Morgan fingerprint density at radius 2 is 1.47 bits per heavy atom. The summed E-state index contributed by atoms with van der Waals surface area (Å²) in [6.07, 6.45) is 0.223. The van der Waals surface area contributed by atoms with E-state index in [0.29, 0.717) is 15.6 Å². The molecule has 0 aliphatic rings. The molecule has 1 N–H and O–H groups in total. The van der Waals surface area contributed by atoms with Gasteiger partial charge in [0.15, 0.2) is 0 Å². The van der Waals surface area contributed by atoms with Crippen LogP contribution >= 0.6 is 23.2 Å². The van der Waals surface area contributed by atoms with Crippen LogP contribution in [0.3, 0.4) is 0 Å². The molecule has 0 heterocycles. The normalized spacial score (nSPS) is 11.9. The Bertz CT molecular complexity index is 1680. The Morgan fingerprint density at radius 3 is 2.09 bits per heavy atom. The van der Waals surface area contributed by atoms with Gasteiger partial charge in [-0.05, 0) is 66.9 Å². The number of hydrogen-bond donors (Lipinski definition) is 1. The zero-order valence-corrected chi connectivity index (χ0v) is 26.5. The van der Waals surface area contributed by atoms with Gasteiger partial charge in [0.05, 0.1) is 10.6 Å². The quantitative estimate of drug-likeness (QED) is 0.212. The fourth-order valence-electron chi connectivity index (χ4n) is 4.72. The van der Waals surface area contributed by atoms with Crippen LogP contribution in [-0.4, -0.2) is 44.8 Å². The maximum atomic E-state index is 14.4. The number of hydrogen-bond acceptors (Lipinski definition) is 4. The predicted molar refractivity (Wildman–Crippen MR) is 172 cm³/mol. The molecule has 0 aliphatic heterocycles. The van der Waals surface area contributed by atoms with Gasteiger partial charge in [0.25, 0.3) is 10.0 Å². The van der Waals surface area contributed by atoms with E-state index in [1.807, 2.05) is 37.3 Å². The van der Waals surface area contributed by atoms with E-state index in [1.54, 1.807) is 61.5 Å². The van der Waals surface area contributed by atoms with E-state index in [9.17, 15) is 18.0 Å². The highest BCUT2D eigenvalue weighted by atomic mass is 35.5. The zero-order chi connectivity index (χ0) is 31.1. The van der Waals surface area contributed by atoms with Crippen LogP contribution < -0.4 is 9.62 Å². The Morgan fingerprint density at radius 1 is 0.814 bits per heavy atom. The third-order valence-electron chi connectivity index (χ3n) is 7.18. The number of aryl methyl sites for hydroxylation is 1. The molecule has 2 amide bonds. The number of rotatable bonds is 11. The molecule has 0 spiro atoms. The fraction of sp³-hybridized carbons (Fsp3) is 0.212. The molecule has 4 rings (SSSR count). The summed E-state index contributed by atoms with van der Waals surface area (Å²) in [5.41, 5.74) is 3.24. The lowest BCUT2D eigenvalue weighted by Gasteiger charge is -2.34. The van der Waals surface area contributed by atoms with E-state index in [0.717, 1.165) is 21.0 Å². The molecule has 1 atom stereocenters. The largest absolute Gasteiger partial charge is 0.357 e. The van der Waals surface area contributed by atoms with E-state index in [1.165, 1.54) is 24.1 Å². The second-order valence-corrected chi connectivity index (χ2v) is 12.9. The van der Waals surface area contributed by atoms with E-state index in [2.05, 4.69) is 5.32 Å². The first-order chi connectivity index (χ1) is 20.5. The summed E-state index contributed by atoms with van der Waals surface area (Å²) in [5.74, 6) is -0.937. The molecule has 4 aromatic carbocycles. The predicted octanol–water partition coefficient (Wildman–Crippen LogP) is 6.19. The Labute approximate surface area is 263 Å². The number of anilines is 1. The lowest BCUT2D eigenvalue weighted by Crippen LogP contribution is -2.53. The monoisotopic (exact) mass is 637 g/mol. The highest BCUT2D eigenvalue weighted by molar-refractivity contribution is 7.92. The van der Waals surface area contributed by atoms with Crippen molar-refractivity contribution < 1.29 is 18.0 Å². The van der Waals surface area contributed by atoms with E-state index >= 15 is 0 Å². The first-order valence-electron chi connectivity index (χ1n) is 13.6. The minimum absolute atomic E-state index is 0.0293. The number of nitrogens with zero attached hydrogens (tertiary/aromatic N) is 2. The molecule has 0 fully saturated rings. The number of carbonyl (C=O) groups is 2. The van der Waals surface area contributed by atoms with Crippen LogP contribution in [0.5, 0.6) is 0 Å². The van der Waals surface area contributed by atoms with E-state index in [-0.39, 0.29) is 29.5 Å². The van der Waals surface area contributed by atoms with Gasteiger partial charge in [-0.15, -0.1) is 0 Å². The minimum Gasteiger partial charge on any atom is -0.357 e. The Kier molecular flexibility index (Phi) is 10.5. The maximum Gasteiger partial charge on any atom is 0.264 e. The molecule has 0 aliphatic carbocycles. The molecule has 4 aromatic rings. The Hall–Kier alpha value is -3.85. The van der Waals surface area contributed by atoms with Crippen LogP contribution in [0.25, 0.3) is 0 Å². The molecule has 0 bridgehead atoms. The standard InChI is InChI=1S/C33H33Cl2N3O4S/c1-23-12-18-28(19-13-23)43(41,42)38(30-11-7-10-29(35)24(30)2)22-32(39)37(21-26-14-16-27(34)17-15-26)31(33(40)36-3)20-25-8-5-4-6-9-25/h4-19,31H,20-22H2,1-3H3,(H,36,40). The van der Waals surface area contributed by atoms with Gasteiger partial charge in [0.1, 0.15) is 12.6 Å². The number of carbonyl (C=O) groups excluding carboxylic acids is 2. The van der Waals surface area contributed by atoms with Crippen LogP contribution in [0, 0.1) is 13.8 Å². The topological polar surface area (TPSA) is 86.8 Å². The van der Waals surface area contributed by atoms with Crippen LogP contribution in [0.2, 0.25) is 10.0 Å². The molecule has 224 valence electrons. The van der Waals surface area contributed by atoms with Crippen LogP contribution in [0.4, 0.5) is 5.69 Å². The fourth-order valence-corrected chi connectivity index (χ4v) is 6.49. The number of sulfonamides is 1. The molecule has 0 radical (unpaired) electrons. The number of amides is 2. The van der Waals surface area contributed by atoms with Crippen molar-refractivity contribution in [3.05, 3.63) is 129 Å². The van der Waals surface area contributed by atoms with E-state index in [4.69, 9.17) is 23.2 Å². The summed E-state index contributed by atoms with van der Waals surface area (Å²) in [4.78, 5) is 29.1. The third kappa shape index (κ3) is 7.76. The summed E-state index contributed by atoms with van der Waals surface area (Å²) in [7, 11) is -2.71. The second-order valence-electron chi connectivity index (χ2n) is 10.2. The van der Waals surface area contributed by atoms with Crippen molar-refractivity contribution in [3.8, 4) is 0 Å². The molecular weight excluding hydrogens is 605 g/mol. The number of likely N-dealkylation sites (N-methyl/N-ethyl adjacent to an activating group) is 1. The molecule has 0 saturated heterocycles. The van der Waals surface area contributed by atoms with Gasteiger partial charge in [-0.2, -0.15) is 0 Å². The summed E-state index contributed by atoms with van der Waals surface area (Å²) < 4.78 is 29.3. The summed E-state index contributed by atoms with van der Waals surface area (Å²) in [5, 5.41) is 3.56. The third-order valence-corrected chi connectivity index (χ3v) is 9.61. The maximum absolute atomic E-state index is 14.4. The summed E-state index contributed by atoms with van der Waals surface area (Å²) >= 11 is 12.5. The van der Waals surface area contributed by atoms with Crippen LogP contribution in [-0.2, 0) is 32.6 Å². The lowest BCUT2D eigenvalue weighted by atomic mass is 10.0. The van der Waals surface area contributed by atoms with Crippen LogP contribution in [0.1, 0.15) is 22.3 Å². The van der Waals surface area contributed by atoms with Gasteiger partial charge in [-0.1, -0.05) is 89.4 Å². The lowest BCUT2D eigenvalue weighted by molar-refractivity contribution is -0.139. The van der Waals surface area contributed by atoms with Crippen molar-refractivity contribution in [2.24, 2.45) is 0 Å². The van der Waals surface area contributed by atoms with Gasteiger partial charge in [0.2, 0.25) is 11.8 Å². The van der Waals surface area contributed by atoms with Crippen molar-refractivity contribution in [1.29, 1.82) is 0 Å². The van der Waals surface area contributed by atoms with Crippen LogP contribution in [0.15, 0.2) is 102 Å². The molecule has 10 heteroatoms. The second kappa shape index (κ2) is 14.1. The van der Waals surface area contributed by atoms with Gasteiger partial charge in [-0.3, -0.25) is 13.9 Å². The van der Waals surface area contributed by atoms with Crippen molar-refractivity contribution >= 4 is 50.7 Å². The number of benzene rings is 4. The number of nitrogens with one attached hydrogen (secondary N) is 1. The highest BCUT2D eigenvalue weighted by Crippen LogP contribution is 2.31. The molecule has 0 saturated carbocycles. The van der Waals surface area contributed by atoms with Crippen molar-refractivity contribution in [2.75, 3.05) is 17.9 Å². The first-order valence-corrected chi connectivity index (χ1v) is 15.8. The van der Waals surface area contributed by atoms with Crippen molar-refractivity contribution in [3.63, 3.8) is 0 Å². The molecule has 1 unspecified atom stereocenters. The van der Waals surface area contributed by atoms with Gasteiger partial charge in [0, 0.05) is 30.1 Å². The van der Waals surface area contributed by atoms with Gasteiger partial charge >= 0.3 is 0 Å². The first kappa shape index (κ1) is 32.1. The average molecular weight is 639 g/mol. The van der Waals surface area contributed by atoms with Gasteiger partial charge < -0.3 is 10.2 Å². The smallest absolute Gasteiger partial charge is 0.264 e. The molecule has 0 aromatic heterocycles. The zero-order valence-electron chi connectivity index (χ0n) is 24.1. The molecular formula is C33H33Cl2N3O4S. The average Bonchev–Trinajstić information content (AvgIpc) is 3.00. The Balaban J connectivity index is 1.81. The van der Waals surface area contributed by atoms with Crippen molar-refractivity contribution in [1.82, 2.24) is 10.2 Å². The highest BCUT2D eigenvalue weighted by Gasteiger charge is 2.35. The van der Waals surface area contributed by atoms with E-state index < -0.39 is 28.5 Å². The summed E-state index contributed by atoms with van der Waals surface area (Å²) in [6, 6.07) is 26.7. The van der Waals surface area contributed by atoms with Crippen molar-refractivity contribution in [2.45, 2.75) is 37.8 Å². The summed E-state index contributed by atoms with van der Waals surface area (Å²) in [6.45, 7) is 3.05. The molecule has 7 nitrogen and oxygen atoms in total. The molecule has 43 heavy (non-hydrogen) atoms. The minimum atomic E-state index is -4.22. The van der Waals surface area contributed by atoms with Gasteiger partial charge in [-0.25, -0.2) is 8.42 Å².